The molecule has 0 aliphatic heterocycles. The van der Waals surface area contributed by atoms with Gasteiger partial charge in [0.1, 0.15) is 0 Å². The molecule has 1 aromatic rings. The average molecular weight is 308 g/mol. The molecule has 0 aromatic heterocycles. The molecule has 0 radical (unpaired) electrons. The lowest BCUT2D eigenvalue weighted by Gasteiger charge is -2.11. The molecule has 17 heavy (non-hydrogen) atoms. The molecule has 0 aliphatic carbocycles. The van der Waals surface area contributed by atoms with E-state index in [1.807, 2.05) is 0 Å². The summed E-state index contributed by atoms with van der Waals surface area (Å²) >= 11 is 2.86. The minimum atomic E-state index is -4.64. The van der Waals surface area contributed by atoms with Crippen LogP contribution in [0.1, 0.15) is 16.7 Å². The maximum Gasteiger partial charge on any atom is 0.417 e. The molecular formula is C10H5BrF3NO2. The van der Waals surface area contributed by atoms with Crippen molar-refractivity contribution in [2.75, 3.05) is 0 Å². The molecule has 0 unspecified atom stereocenters. The Bertz CT molecular complexity index is 505. The minimum absolute atomic E-state index is 0.0197. The number of benzene rings is 1. The van der Waals surface area contributed by atoms with Crippen LogP contribution in [0.5, 0.6) is 0 Å². The number of alkyl halides is 3. The molecular weight excluding hydrogens is 303 g/mol. The third-order valence-electron chi connectivity index (χ3n) is 1.95. The number of carboxylic acid groups (broad SMARTS) is 1. The summed E-state index contributed by atoms with van der Waals surface area (Å²) in [5.41, 5.74) is -1.54. The Morgan fingerprint density at radius 1 is 1.47 bits per heavy atom. The quantitative estimate of drug-likeness (QED) is 0.913. The van der Waals surface area contributed by atoms with E-state index in [2.05, 4.69) is 15.9 Å². The molecule has 1 N–H and O–H groups in total. The van der Waals surface area contributed by atoms with Crippen LogP contribution in [-0.2, 0) is 17.4 Å². The molecule has 0 fully saturated rings. The Kier molecular flexibility index (Phi) is 3.78. The van der Waals surface area contributed by atoms with Crippen LogP contribution in [0.15, 0.2) is 16.6 Å². The summed E-state index contributed by atoms with van der Waals surface area (Å²) in [5.74, 6) is -1.19. The first-order valence-electron chi connectivity index (χ1n) is 4.27. The van der Waals surface area contributed by atoms with Gasteiger partial charge in [-0.2, -0.15) is 18.4 Å². The van der Waals surface area contributed by atoms with Gasteiger partial charge in [-0.25, -0.2) is 0 Å². The number of carbonyl (C=O) groups is 1. The number of halogens is 4. The SMILES string of the molecule is N#Cc1cc(CC(=O)O)c(Br)cc1C(F)(F)F. The first kappa shape index (κ1) is 13.5. The highest BCUT2D eigenvalue weighted by Crippen LogP contribution is 2.35. The molecule has 0 saturated carbocycles. The number of hydrogen-bond donors (Lipinski definition) is 1. The summed E-state index contributed by atoms with van der Waals surface area (Å²) in [7, 11) is 0. The Balaban J connectivity index is 3.36. The monoisotopic (exact) mass is 307 g/mol. The van der Waals surface area contributed by atoms with Gasteiger partial charge >= 0.3 is 12.1 Å². The minimum Gasteiger partial charge on any atom is -0.481 e. The van der Waals surface area contributed by atoms with Crippen molar-refractivity contribution >= 4 is 21.9 Å². The standard InChI is InChI=1S/C10H5BrF3NO2/c11-8-3-7(10(12,13)14)6(4-15)1-5(8)2-9(16)17/h1,3H,2H2,(H,16,17). The highest BCUT2D eigenvalue weighted by atomic mass is 79.9. The van der Waals surface area contributed by atoms with Gasteiger partial charge in [0, 0.05) is 4.47 Å². The van der Waals surface area contributed by atoms with E-state index in [1.165, 1.54) is 6.07 Å². The predicted octanol–water partition coefficient (Wildman–Crippen LogP) is 2.97. The van der Waals surface area contributed by atoms with Gasteiger partial charge in [0.05, 0.1) is 23.6 Å². The van der Waals surface area contributed by atoms with E-state index in [0.717, 1.165) is 12.1 Å². The molecule has 0 saturated heterocycles. The van der Waals surface area contributed by atoms with Crippen LogP contribution < -0.4 is 0 Å². The van der Waals surface area contributed by atoms with Gasteiger partial charge in [-0.1, -0.05) is 15.9 Å². The van der Waals surface area contributed by atoms with Crippen molar-refractivity contribution in [1.29, 1.82) is 5.26 Å². The van der Waals surface area contributed by atoms with E-state index in [4.69, 9.17) is 10.4 Å². The molecule has 0 bridgehead atoms. The Morgan fingerprint density at radius 3 is 2.47 bits per heavy atom. The molecule has 1 aromatic carbocycles. The van der Waals surface area contributed by atoms with Crippen molar-refractivity contribution in [1.82, 2.24) is 0 Å². The lowest BCUT2D eigenvalue weighted by atomic mass is 10.0. The zero-order valence-corrected chi connectivity index (χ0v) is 9.76. The lowest BCUT2D eigenvalue weighted by Crippen LogP contribution is -2.10. The lowest BCUT2D eigenvalue weighted by molar-refractivity contribution is -0.138. The topological polar surface area (TPSA) is 61.1 Å². The summed E-state index contributed by atoms with van der Waals surface area (Å²) in [6, 6.07) is 3.06. The smallest absolute Gasteiger partial charge is 0.417 e. The number of aliphatic carboxylic acids is 1. The summed E-state index contributed by atoms with van der Waals surface area (Å²) in [6.07, 6.45) is -5.09. The second kappa shape index (κ2) is 4.75. The van der Waals surface area contributed by atoms with E-state index in [9.17, 15) is 18.0 Å². The number of hydrogen-bond acceptors (Lipinski definition) is 2. The average Bonchev–Trinajstić information content (AvgIpc) is 2.18. The van der Waals surface area contributed by atoms with Gasteiger partial charge in [0.15, 0.2) is 0 Å². The molecule has 0 aliphatic rings. The number of rotatable bonds is 2. The highest BCUT2D eigenvalue weighted by Gasteiger charge is 2.34. The second-order valence-corrected chi connectivity index (χ2v) is 4.02. The number of nitriles is 1. The summed E-state index contributed by atoms with van der Waals surface area (Å²) < 4.78 is 37.6. The fraction of sp³-hybridized carbons (Fsp3) is 0.200. The van der Waals surface area contributed by atoms with Crippen LogP contribution in [0.4, 0.5) is 13.2 Å². The number of nitrogens with zero attached hydrogens (tertiary/aromatic N) is 1. The van der Waals surface area contributed by atoms with Crippen LogP contribution >= 0.6 is 15.9 Å². The number of carboxylic acids is 1. The summed E-state index contributed by atoms with van der Waals surface area (Å²) in [6.45, 7) is 0. The molecule has 0 heterocycles. The van der Waals surface area contributed by atoms with Crippen molar-refractivity contribution < 1.29 is 23.1 Å². The van der Waals surface area contributed by atoms with Gasteiger partial charge in [0.25, 0.3) is 0 Å². The third-order valence-corrected chi connectivity index (χ3v) is 2.69. The molecule has 0 atom stereocenters. The van der Waals surface area contributed by atoms with Crippen LogP contribution in [0.3, 0.4) is 0 Å². The highest BCUT2D eigenvalue weighted by molar-refractivity contribution is 9.10. The van der Waals surface area contributed by atoms with Crippen LogP contribution in [0.25, 0.3) is 0 Å². The van der Waals surface area contributed by atoms with E-state index >= 15 is 0 Å². The van der Waals surface area contributed by atoms with Crippen molar-refractivity contribution in [3.63, 3.8) is 0 Å². The molecule has 90 valence electrons. The molecule has 3 nitrogen and oxygen atoms in total. The van der Waals surface area contributed by atoms with E-state index < -0.39 is 29.7 Å². The molecule has 7 heteroatoms. The molecule has 0 spiro atoms. The fourth-order valence-corrected chi connectivity index (χ4v) is 1.73. The first-order chi connectivity index (χ1) is 7.75. The zero-order valence-electron chi connectivity index (χ0n) is 8.18. The summed E-state index contributed by atoms with van der Waals surface area (Å²) in [4.78, 5) is 10.5. The van der Waals surface area contributed by atoms with Crippen LogP contribution in [0, 0.1) is 11.3 Å². The van der Waals surface area contributed by atoms with E-state index in [1.54, 1.807) is 0 Å². The van der Waals surface area contributed by atoms with Gasteiger partial charge in [-0.3, -0.25) is 4.79 Å². The van der Waals surface area contributed by atoms with Crippen molar-refractivity contribution in [2.24, 2.45) is 0 Å². The van der Waals surface area contributed by atoms with Gasteiger partial charge in [0.2, 0.25) is 0 Å². The van der Waals surface area contributed by atoms with Crippen LogP contribution in [-0.4, -0.2) is 11.1 Å². The van der Waals surface area contributed by atoms with Crippen molar-refractivity contribution in [2.45, 2.75) is 12.6 Å². The second-order valence-electron chi connectivity index (χ2n) is 3.17. The van der Waals surface area contributed by atoms with E-state index in [-0.39, 0.29) is 10.0 Å². The molecule has 0 amide bonds. The third kappa shape index (κ3) is 3.20. The van der Waals surface area contributed by atoms with Crippen LogP contribution in [0.2, 0.25) is 0 Å². The summed E-state index contributed by atoms with van der Waals surface area (Å²) in [5, 5.41) is 17.2. The van der Waals surface area contributed by atoms with Gasteiger partial charge < -0.3 is 5.11 Å². The first-order valence-corrected chi connectivity index (χ1v) is 5.06. The normalized spacial score (nSPS) is 11.0. The molecule has 1 rings (SSSR count). The van der Waals surface area contributed by atoms with Gasteiger partial charge in [-0.15, -0.1) is 0 Å². The Morgan fingerprint density at radius 2 is 2.06 bits per heavy atom. The van der Waals surface area contributed by atoms with Crippen molar-refractivity contribution in [3.8, 4) is 6.07 Å². The van der Waals surface area contributed by atoms with Gasteiger partial charge in [-0.05, 0) is 17.7 Å². The Hall–Kier alpha value is -1.55. The maximum absolute atomic E-state index is 12.5. The zero-order chi connectivity index (χ0) is 13.2. The fourth-order valence-electron chi connectivity index (χ4n) is 1.24. The maximum atomic E-state index is 12.5. The Labute approximate surface area is 103 Å². The predicted molar refractivity (Wildman–Crippen MR) is 55.2 cm³/mol. The largest absolute Gasteiger partial charge is 0.481 e. The van der Waals surface area contributed by atoms with E-state index in [0.29, 0.717) is 0 Å². The van der Waals surface area contributed by atoms with Crippen molar-refractivity contribution in [3.05, 3.63) is 33.3 Å².